The summed E-state index contributed by atoms with van der Waals surface area (Å²) in [5, 5.41) is 24.5. The zero-order chi connectivity index (χ0) is 34.8. The third kappa shape index (κ3) is 9.48. The summed E-state index contributed by atoms with van der Waals surface area (Å²) in [6.07, 6.45) is -1.23. The van der Waals surface area contributed by atoms with Gasteiger partial charge in [-0.2, -0.15) is 0 Å². The van der Waals surface area contributed by atoms with E-state index >= 15 is 0 Å². The summed E-state index contributed by atoms with van der Waals surface area (Å²) in [7, 11) is 0. The zero-order valence-corrected chi connectivity index (χ0v) is 28.2. The van der Waals surface area contributed by atoms with Crippen molar-refractivity contribution in [2.45, 2.75) is 50.4 Å². The Kier molecular flexibility index (Phi) is 12.4. The van der Waals surface area contributed by atoms with Crippen molar-refractivity contribution in [3.8, 4) is 11.1 Å². The number of carboxylic acids is 1. The molecule has 4 aromatic carbocycles. The van der Waals surface area contributed by atoms with E-state index in [1.54, 1.807) is 19.1 Å². The van der Waals surface area contributed by atoms with Crippen molar-refractivity contribution < 1.29 is 38.8 Å². The Hall–Kier alpha value is -4.68. The quantitative estimate of drug-likeness (QED) is 0.0918. The van der Waals surface area contributed by atoms with E-state index in [2.05, 4.69) is 17.6 Å². The molecular weight excluding hydrogens is 644 g/mol. The molecule has 0 spiro atoms. The lowest BCUT2D eigenvalue weighted by Gasteiger charge is -2.41. The number of carboxylic acid groups (broad SMARTS) is 1. The molecule has 0 aliphatic carbocycles. The number of aromatic carboxylic acids is 1. The number of urea groups is 1. The molecule has 5 rings (SSSR count). The van der Waals surface area contributed by atoms with Crippen LogP contribution in [-0.2, 0) is 32.2 Å². The van der Waals surface area contributed by atoms with Crippen molar-refractivity contribution in [1.29, 1.82) is 0 Å². The Labute approximate surface area is 289 Å². The minimum Gasteiger partial charge on any atom is -0.478 e. The van der Waals surface area contributed by atoms with Crippen molar-refractivity contribution in [2.24, 2.45) is 5.92 Å². The summed E-state index contributed by atoms with van der Waals surface area (Å²) < 4.78 is 18.0. The van der Waals surface area contributed by atoms with Crippen LogP contribution in [0.2, 0.25) is 0 Å². The maximum Gasteiger partial charge on any atom is 0.336 e. The number of esters is 1. The summed E-state index contributed by atoms with van der Waals surface area (Å²) in [6.45, 7) is 4.06. The van der Waals surface area contributed by atoms with Crippen LogP contribution >= 0.6 is 11.8 Å². The second kappa shape index (κ2) is 17.1. The molecular formula is C38H40N2O8S. The number of aliphatic hydroxyl groups excluding tert-OH is 1. The van der Waals surface area contributed by atoms with Gasteiger partial charge in [0.05, 0.1) is 31.0 Å². The smallest absolute Gasteiger partial charge is 0.336 e. The summed E-state index contributed by atoms with van der Waals surface area (Å²) in [6, 6.07) is 30.0. The number of nitrogens with one attached hydrogen (secondary N) is 2. The summed E-state index contributed by atoms with van der Waals surface area (Å²) in [5.41, 5.74) is 5.69. The average molecular weight is 685 g/mol. The highest BCUT2D eigenvalue weighted by atomic mass is 32.2. The molecule has 4 N–H and O–H groups in total. The number of ether oxygens (including phenoxy) is 3. The number of hydrogen-bond donors (Lipinski definition) is 4. The van der Waals surface area contributed by atoms with E-state index in [9.17, 15) is 24.6 Å². The fourth-order valence-corrected chi connectivity index (χ4v) is 6.77. The van der Waals surface area contributed by atoms with E-state index in [4.69, 9.17) is 14.2 Å². The minimum atomic E-state index is -0.970. The number of amides is 2. The van der Waals surface area contributed by atoms with Gasteiger partial charge in [0.2, 0.25) is 0 Å². The van der Waals surface area contributed by atoms with Crippen LogP contribution in [0, 0.1) is 5.92 Å². The van der Waals surface area contributed by atoms with Gasteiger partial charge in [-0.25, -0.2) is 9.59 Å². The first-order chi connectivity index (χ1) is 23.7. The molecule has 4 aromatic rings. The highest BCUT2D eigenvalue weighted by molar-refractivity contribution is 7.99. The molecule has 0 radical (unpaired) electrons. The lowest BCUT2D eigenvalue weighted by Crippen LogP contribution is -2.38. The Morgan fingerprint density at radius 3 is 2.29 bits per heavy atom. The van der Waals surface area contributed by atoms with E-state index in [1.165, 1.54) is 11.8 Å². The first kappa shape index (κ1) is 35.6. The van der Waals surface area contributed by atoms with Crippen LogP contribution in [0.3, 0.4) is 0 Å². The van der Waals surface area contributed by atoms with Crippen molar-refractivity contribution >= 4 is 29.7 Å². The number of carbonyl (C=O) groups excluding carboxylic acids is 2. The lowest BCUT2D eigenvalue weighted by atomic mass is 9.91. The second-order valence-corrected chi connectivity index (χ2v) is 12.7. The van der Waals surface area contributed by atoms with Crippen LogP contribution < -0.4 is 10.6 Å². The van der Waals surface area contributed by atoms with Crippen molar-refractivity contribution in [3.05, 3.63) is 125 Å². The zero-order valence-electron chi connectivity index (χ0n) is 27.3. The van der Waals surface area contributed by atoms with E-state index in [1.807, 2.05) is 84.9 Å². The van der Waals surface area contributed by atoms with E-state index in [-0.39, 0.29) is 50.0 Å². The molecule has 0 saturated carbocycles. The van der Waals surface area contributed by atoms with Gasteiger partial charge in [-0.1, -0.05) is 85.8 Å². The molecule has 2 amide bonds. The van der Waals surface area contributed by atoms with Gasteiger partial charge in [0.1, 0.15) is 6.54 Å². The monoisotopic (exact) mass is 684 g/mol. The molecule has 0 bridgehead atoms. The molecule has 1 heterocycles. The predicted octanol–water partition coefficient (Wildman–Crippen LogP) is 6.49. The third-order valence-corrected chi connectivity index (χ3v) is 9.40. The average Bonchev–Trinajstić information content (AvgIpc) is 3.13. The fraction of sp³-hybridized carbons (Fsp3) is 0.289. The van der Waals surface area contributed by atoms with Gasteiger partial charge in [0.15, 0.2) is 6.29 Å². The molecule has 49 heavy (non-hydrogen) atoms. The third-order valence-electron chi connectivity index (χ3n) is 8.24. The highest BCUT2D eigenvalue weighted by Crippen LogP contribution is 2.43. The molecule has 0 unspecified atom stereocenters. The van der Waals surface area contributed by atoms with Gasteiger partial charge in [0, 0.05) is 28.7 Å². The molecule has 1 saturated heterocycles. The first-order valence-electron chi connectivity index (χ1n) is 16.1. The van der Waals surface area contributed by atoms with Gasteiger partial charge in [-0.05, 0) is 52.9 Å². The first-order valence-corrected chi connectivity index (χ1v) is 17.1. The Bertz CT molecular complexity index is 1730. The van der Waals surface area contributed by atoms with E-state index < -0.39 is 24.3 Å². The van der Waals surface area contributed by atoms with E-state index in [0.717, 1.165) is 33.4 Å². The molecule has 0 aromatic heterocycles. The topological polar surface area (TPSA) is 143 Å². The Morgan fingerprint density at radius 2 is 1.57 bits per heavy atom. The van der Waals surface area contributed by atoms with E-state index in [0.29, 0.717) is 10.6 Å². The van der Waals surface area contributed by atoms with Crippen LogP contribution in [-0.4, -0.2) is 53.2 Å². The van der Waals surface area contributed by atoms with Crippen molar-refractivity contribution in [1.82, 2.24) is 10.6 Å². The number of rotatable bonds is 13. The van der Waals surface area contributed by atoms with Crippen LogP contribution in [0.15, 0.2) is 102 Å². The fourth-order valence-electron chi connectivity index (χ4n) is 5.55. The van der Waals surface area contributed by atoms with Crippen LogP contribution in [0.1, 0.15) is 58.9 Å². The van der Waals surface area contributed by atoms with Crippen LogP contribution in [0.5, 0.6) is 0 Å². The van der Waals surface area contributed by atoms with Crippen LogP contribution in [0.25, 0.3) is 11.1 Å². The highest BCUT2D eigenvalue weighted by Gasteiger charge is 2.38. The second-order valence-electron chi connectivity index (χ2n) is 11.6. The normalized spacial score (nSPS) is 18.8. The van der Waals surface area contributed by atoms with Gasteiger partial charge >= 0.3 is 18.0 Å². The van der Waals surface area contributed by atoms with Gasteiger partial charge in [-0.15, -0.1) is 11.8 Å². The standard InChI is InChI=1S/C38H40N2O8S/c1-3-46-34(42)21-40-38(45)39-20-26-7-6-8-30(19-26)27-15-17-29(18-16-27)37-47-32(23-49-33-10-5-4-9-31(33)36(43)44)24(2)35(48-37)28-13-11-25(22-41)12-14-28/h4-19,24,32,35,37,41H,3,20-23H2,1-2H3,(H,43,44)(H2,39,40,45)/t24-,32+,35+,37+/m1/s1. The maximum atomic E-state index is 12.1. The van der Waals surface area contributed by atoms with Crippen LogP contribution in [0.4, 0.5) is 4.79 Å². The Balaban J connectivity index is 1.30. The predicted molar refractivity (Wildman–Crippen MR) is 186 cm³/mol. The lowest BCUT2D eigenvalue weighted by molar-refractivity contribution is -0.268. The number of hydrogen-bond acceptors (Lipinski definition) is 8. The number of carbonyl (C=O) groups is 3. The molecule has 11 heteroatoms. The van der Waals surface area contributed by atoms with Crippen molar-refractivity contribution in [2.75, 3.05) is 18.9 Å². The molecule has 10 nitrogen and oxygen atoms in total. The van der Waals surface area contributed by atoms with Gasteiger partial charge < -0.3 is 35.1 Å². The molecule has 1 aliphatic heterocycles. The SMILES string of the molecule is CCOC(=O)CNC(=O)NCc1cccc(-c2ccc([C@H]3O[C@@H](CSc4ccccc4C(=O)O)[C@@H](C)[C@@H](c4ccc(CO)cc4)O3)cc2)c1. The molecule has 256 valence electrons. The summed E-state index contributed by atoms with van der Waals surface area (Å²) in [5.74, 6) is -0.994. The minimum absolute atomic E-state index is 0.0480. The molecule has 4 atom stereocenters. The Morgan fingerprint density at radius 1 is 0.837 bits per heavy atom. The number of benzene rings is 4. The largest absolute Gasteiger partial charge is 0.478 e. The van der Waals surface area contributed by atoms with Gasteiger partial charge in [0.25, 0.3) is 0 Å². The summed E-state index contributed by atoms with van der Waals surface area (Å²) >= 11 is 1.45. The number of thioether (sulfide) groups is 1. The van der Waals surface area contributed by atoms with Crippen molar-refractivity contribution in [3.63, 3.8) is 0 Å². The molecule has 1 fully saturated rings. The summed E-state index contributed by atoms with van der Waals surface area (Å²) in [4.78, 5) is 36.1. The maximum absolute atomic E-state index is 12.1. The number of aliphatic hydroxyl groups is 1. The van der Waals surface area contributed by atoms with Gasteiger partial charge in [-0.3, -0.25) is 4.79 Å². The molecule has 1 aliphatic rings.